The molecule has 3 aromatic rings. The number of aliphatic carboxylic acids is 1. The Bertz CT molecular complexity index is 1500. The second kappa shape index (κ2) is 12.3. The minimum Gasteiger partial charge on any atom is -0.497 e. The highest BCUT2D eigenvalue weighted by molar-refractivity contribution is 5.68. The van der Waals surface area contributed by atoms with Gasteiger partial charge in [0.05, 0.1) is 56.4 Å². The summed E-state index contributed by atoms with van der Waals surface area (Å²) in [5.41, 5.74) is 1.57. The predicted molar refractivity (Wildman–Crippen MR) is 155 cm³/mol. The van der Waals surface area contributed by atoms with Gasteiger partial charge in [0.2, 0.25) is 5.88 Å². The summed E-state index contributed by atoms with van der Waals surface area (Å²) in [6, 6.07) is 8.91. The van der Waals surface area contributed by atoms with Crippen LogP contribution in [0.2, 0.25) is 0 Å². The molecular weight excluding hydrogens is 596 g/mol. The lowest BCUT2D eigenvalue weighted by Gasteiger charge is -2.30. The van der Waals surface area contributed by atoms with Crippen LogP contribution >= 0.6 is 0 Å². The van der Waals surface area contributed by atoms with Crippen LogP contribution in [0.5, 0.6) is 17.4 Å². The molecule has 2 aliphatic carbocycles. The van der Waals surface area contributed by atoms with E-state index in [4.69, 9.17) is 14.2 Å². The molecule has 1 aliphatic heterocycles. The van der Waals surface area contributed by atoms with E-state index >= 15 is 0 Å². The standard InChI is InChI=1S/C32H34F4N4O5/c1-43-24-8-9-25(30-38-15-21(16-39-30)40-17-31(33,34)32(35,36)18-40)27(13-24)44-22-4-6-23(7-5-22)45-28-12-20(10-11-37-28)26(14-29(41)42)19-2-3-19/h8-13,15-16,19,22-23,26H,2-7,14,17-18H2,1H3,(H,41,42)/t22-,23-,26?. The van der Waals surface area contributed by atoms with Crippen molar-refractivity contribution < 1.29 is 41.7 Å². The fourth-order valence-electron chi connectivity index (χ4n) is 6.07. The molecular formula is C32H34F4N4O5. The summed E-state index contributed by atoms with van der Waals surface area (Å²) >= 11 is 0. The van der Waals surface area contributed by atoms with E-state index in [1.807, 2.05) is 12.1 Å². The first kappa shape index (κ1) is 30.8. The Hall–Kier alpha value is -4.16. The van der Waals surface area contributed by atoms with Crippen molar-refractivity contribution in [3.8, 4) is 28.8 Å². The van der Waals surface area contributed by atoms with Crippen molar-refractivity contribution in [1.29, 1.82) is 0 Å². The number of benzene rings is 1. The molecule has 1 saturated heterocycles. The third-order valence-corrected chi connectivity index (χ3v) is 8.72. The molecule has 13 heteroatoms. The van der Waals surface area contributed by atoms with Crippen molar-refractivity contribution in [3.05, 3.63) is 54.5 Å². The normalized spacial score (nSPS) is 22.9. The van der Waals surface area contributed by atoms with E-state index in [1.54, 1.807) is 24.4 Å². The molecule has 6 rings (SSSR count). The minimum absolute atomic E-state index is 0.0380. The number of hydrogen-bond acceptors (Lipinski definition) is 8. The third-order valence-electron chi connectivity index (χ3n) is 8.72. The predicted octanol–water partition coefficient (Wildman–Crippen LogP) is 6.38. The zero-order chi connectivity index (χ0) is 31.8. The van der Waals surface area contributed by atoms with Gasteiger partial charge in [-0.05, 0) is 74.1 Å². The van der Waals surface area contributed by atoms with Crippen LogP contribution in [0.4, 0.5) is 23.2 Å². The van der Waals surface area contributed by atoms with Gasteiger partial charge in [0, 0.05) is 18.3 Å². The maximum atomic E-state index is 13.7. The molecule has 2 saturated carbocycles. The van der Waals surface area contributed by atoms with Gasteiger partial charge in [-0.1, -0.05) is 0 Å². The summed E-state index contributed by atoms with van der Waals surface area (Å²) in [6.45, 7) is -2.22. The van der Waals surface area contributed by atoms with Crippen LogP contribution in [0.25, 0.3) is 11.4 Å². The number of methoxy groups -OCH3 is 1. The number of aromatic nitrogens is 3. The number of nitrogens with zero attached hydrogens (tertiary/aromatic N) is 4. The molecule has 9 nitrogen and oxygen atoms in total. The Morgan fingerprint density at radius 2 is 1.58 bits per heavy atom. The number of hydrogen-bond donors (Lipinski definition) is 1. The van der Waals surface area contributed by atoms with Gasteiger partial charge in [-0.3, -0.25) is 4.79 Å². The molecule has 1 N–H and O–H groups in total. The van der Waals surface area contributed by atoms with Gasteiger partial charge in [0.15, 0.2) is 5.82 Å². The van der Waals surface area contributed by atoms with Crippen molar-refractivity contribution in [2.45, 2.75) is 74.9 Å². The molecule has 45 heavy (non-hydrogen) atoms. The van der Waals surface area contributed by atoms with Gasteiger partial charge >= 0.3 is 17.8 Å². The molecule has 1 unspecified atom stereocenters. The van der Waals surface area contributed by atoms with Crippen molar-refractivity contribution in [1.82, 2.24) is 15.0 Å². The summed E-state index contributed by atoms with van der Waals surface area (Å²) in [7, 11) is 1.53. The van der Waals surface area contributed by atoms with E-state index in [2.05, 4.69) is 15.0 Å². The van der Waals surface area contributed by atoms with E-state index < -0.39 is 30.9 Å². The molecule has 0 radical (unpaired) electrons. The Balaban J connectivity index is 1.09. The number of carboxylic acid groups (broad SMARTS) is 1. The number of carbonyl (C=O) groups is 1. The molecule has 3 heterocycles. The number of rotatable bonds is 11. The first-order valence-electron chi connectivity index (χ1n) is 15.0. The number of pyridine rings is 1. The Labute approximate surface area is 257 Å². The molecule has 0 bridgehead atoms. The fourth-order valence-corrected chi connectivity index (χ4v) is 6.07. The van der Waals surface area contributed by atoms with Gasteiger partial charge in [0.1, 0.15) is 17.6 Å². The first-order valence-corrected chi connectivity index (χ1v) is 15.0. The lowest BCUT2D eigenvalue weighted by Crippen LogP contribution is -2.38. The van der Waals surface area contributed by atoms with Crippen molar-refractivity contribution >= 4 is 11.7 Å². The van der Waals surface area contributed by atoms with Gasteiger partial charge < -0.3 is 24.2 Å². The monoisotopic (exact) mass is 630 g/mol. The Kier molecular flexibility index (Phi) is 8.45. The Morgan fingerprint density at radius 1 is 0.933 bits per heavy atom. The number of alkyl halides is 4. The maximum absolute atomic E-state index is 13.7. The molecule has 0 spiro atoms. The summed E-state index contributed by atoms with van der Waals surface area (Å²) in [5, 5.41) is 9.36. The van der Waals surface area contributed by atoms with Crippen LogP contribution in [0.3, 0.4) is 0 Å². The summed E-state index contributed by atoms with van der Waals surface area (Å²) in [5.74, 6) is -6.94. The topological polar surface area (TPSA) is 107 Å². The van der Waals surface area contributed by atoms with Crippen LogP contribution in [0.1, 0.15) is 56.4 Å². The molecule has 1 atom stereocenters. The SMILES string of the molecule is COc1ccc(-c2ncc(N3CC(F)(F)C(F)(F)C3)cn2)c(O[C@H]2CC[C@H](Oc3cc(C(CC(=O)O)C4CC4)ccn3)CC2)c1. The summed E-state index contributed by atoms with van der Waals surface area (Å²) < 4.78 is 72.8. The van der Waals surface area contributed by atoms with Crippen LogP contribution in [0.15, 0.2) is 48.9 Å². The van der Waals surface area contributed by atoms with E-state index in [1.165, 1.54) is 19.5 Å². The van der Waals surface area contributed by atoms with Crippen molar-refractivity contribution in [3.63, 3.8) is 0 Å². The van der Waals surface area contributed by atoms with Gasteiger partial charge in [-0.15, -0.1) is 0 Å². The van der Waals surface area contributed by atoms with Gasteiger partial charge in [0.25, 0.3) is 0 Å². The lowest BCUT2D eigenvalue weighted by molar-refractivity contribution is -0.172. The zero-order valence-corrected chi connectivity index (χ0v) is 24.7. The van der Waals surface area contributed by atoms with E-state index in [9.17, 15) is 27.5 Å². The van der Waals surface area contributed by atoms with Crippen LogP contribution in [-0.4, -0.2) is 70.3 Å². The lowest BCUT2D eigenvalue weighted by atomic mass is 9.91. The average molecular weight is 631 g/mol. The number of carboxylic acids is 1. The molecule has 2 aromatic heterocycles. The highest BCUT2D eigenvalue weighted by Crippen LogP contribution is 2.45. The fraction of sp³-hybridized carbons (Fsp3) is 0.500. The van der Waals surface area contributed by atoms with E-state index in [-0.39, 0.29) is 36.1 Å². The summed E-state index contributed by atoms with van der Waals surface area (Å²) in [6.07, 6.45) is 8.96. The zero-order valence-electron chi connectivity index (χ0n) is 24.7. The average Bonchev–Trinajstić information content (AvgIpc) is 3.83. The number of halogens is 4. The van der Waals surface area contributed by atoms with Gasteiger partial charge in [-0.2, -0.15) is 17.6 Å². The molecule has 1 aromatic carbocycles. The molecule has 0 amide bonds. The number of ether oxygens (including phenoxy) is 3. The second-order valence-corrected chi connectivity index (χ2v) is 12.0. The molecule has 240 valence electrons. The highest BCUT2D eigenvalue weighted by Gasteiger charge is 2.63. The van der Waals surface area contributed by atoms with Crippen molar-refractivity contribution in [2.24, 2.45) is 5.92 Å². The summed E-state index contributed by atoms with van der Waals surface area (Å²) in [4.78, 5) is 25.2. The first-order chi connectivity index (χ1) is 21.5. The van der Waals surface area contributed by atoms with Crippen LogP contribution < -0.4 is 19.1 Å². The minimum atomic E-state index is -4.13. The van der Waals surface area contributed by atoms with Crippen LogP contribution in [-0.2, 0) is 4.79 Å². The smallest absolute Gasteiger partial charge is 0.329 e. The quantitative estimate of drug-likeness (QED) is 0.242. The van der Waals surface area contributed by atoms with E-state index in [0.29, 0.717) is 54.5 Å². The van der Waals surface area contributed by atoms with E-state index in [0.717, 1.165) is 23.3 Å². The third kappa shape index (κ3) is 6.91. The van der Waals surface area contributed by atoms with Gasteiger partial charge in [-0.25, -0.2) is 15.0 Å². The Morgan fingerprint density at radius 3 is 2.18 bits per heavy atom. The maximum Gasteiger partial charge on any atom is 0.329 e. The molecule has 3 fully saturated rings. The molecule has 3 aliphatic rings. The van der Waals surface area contributed by atoms with Crippen molar-refractivity contribution in [2.75, 3.05) is 25.1 Å². The number of anilines is 1. The highest BCUT2D eigenvalue weighted by atomic mass is 19.3. The second-order valence-electron chi connectivity index (χ2n) is 12.0. The largest absolute Gasteiger partial charge is 0.497 e. The van der Waals surface area contributed by atoms with Crippen LogP contribution in [0, 0.1) is 5.92 Å².